The van der Waals surface area contributed by atoms with Crippen LogP contribution in [0.4, 0.5) is 5.69 Å². The van der Waals surface area contributed by atoms with Gasteiger partial charge in [0.1, 0.15) is 12.4 Å². The largest absolute Gasteiger partial charge is 0.481 e. The van der Waals surface area contributed by atoms with E-state index in [0.29, 0.717) is 18.4 Å². The van der Waals surface area contributed by atoms with Gasteiger partial charge in [0.2, 0.25) is 0 Å². The van der Waals surface area contributed by atoms with E-state index in [1.807, 2.05) is 30.3 Å². The average Bonchev–Trinajstić information content (AvgIpc) is 3.03. The summed E-state index contributed by atoms with van der Waals surface area (Å²) < 4.78 is 5.73. The zero-order valence-corrected chi connectivity index (χ0v) is 18.7. The van der Waals surface area contributed by atoms with Crippen LogP contribution in [0.2, 0.25) is 0 Å². The molecule has 160 valence electrons. The summed E-state index contributed by atoms with van der Waals surface area (Å²) >= 11 is 0. The van der Waals surface area contributed by atoms with Gasteiger partial charge < -0.3 is 15.4 Å². The number of likely N-dealkylation sites (tertiary alicyclic amines) is 1. The standard InChI is InChI=1S/C26H35N3O/c1-5-20(21-13-15-23(16-14-21)28(2)3)18-25-22(19-29(4)26(25)27)10-9-17-30-24-11-7-6-8-12-24/h6-8,11-16,20,22,25-26H,5,17-19,27H2,1-4H3. The van der Waals surface area contributed by atoms with E-state index >= 15 is 0 Å². The zero-order valence-electron chi connectivity index (χ0n) is 18.7. The Kier molecular flexibility index (Phi) is 7.79. The highest BCUT2D eigenvalue weighted by Crippen LogP contribution is 2.36. The smallest absolute Gasteiger partial charge is 0.149 e. The van der Waals surface area contributed by atoms with Crippen LogP contribution in [0.3, 0.4) is 0 Å². The van der Waals surface area contributed by atoms with Crippen molar-refractivity contribution in [3.8, 4) is 17.6 Å². The summed E-state index contributed by atoms with van der Waals surface area (Å²) in [4.78, 5) is 4.37. The number of nitrogens with zero attached hydrogens (tertiary/aromatic N) is 2. The van der Waals surface area contributed by atoms with Gasteiger partial charge in [0.15, 0.2) is 0 Å². The third-order valence-corrected chi connectivity index (χ3v) is 6.22. The number of benzene rings is 2. The normalized spacial score (nSPS) is 22.2. The van der Waals surface area contributed by atoms with Gasteiger partial charge in [0.25, 0.3) is 0 Å². The lowest BCUT2D eigenvalue weighted by Gasteiger charge is -2.26. The van der Waals surface area contributed by atoms with Gasteiger partial charge in [-0.25, -0.2) is 0 Å². The molecule has 3 rings (SSSR count). The molecule has 4 heteroatoms. The van der Waals surface area contributed by atoms with Crippen LogP contribution in [0.25, 0.3) is 0 Å². The fourth-order valence-corrected chi connectivity index (χ4v) is 4.31. The van der Waals surface area contributed by atoms with Crippen LogP contribution in [-0.2, 0) is 0 Å². The molecule has 1 saturated heterocycles. The molecular weight excluding hydrogens is 370 g/mol. The lowest BCUT2D eigenvalue weighted by atomic mass is 9.81. The minimum absolute atomic E-state index is 0.0504. The van der Waals surface area contributed by atoms with E-state index in [-0.39, 0.29) is 12.1 Å². The molecule has 4 unspecified atom stereocenters. The molecule has 2 aromatic carbocycles. The average molecular weight is 406 g/mol. The van der Waals surface area contributed by atoms with Crippen LogP contribution >= 0.6 is 0 Å². The Balaban J connectivity index is 1.66. The first kappa shape index (κ1) is 22.2. The van der Waals surface area contributed by atoms with E-state index < -0.39 is 0 Å². The monoisotopic (exact) mass is 405 g/mol. The summed E-state index contributed by atoms with van der Waals surface area (Å²) in [5.41, 5.74) is 9.20. The number of ether oxygens (including phenoxy) is 1. The molecule has 0 bridgehead atoms. The van der Waals surface area contributed by atoms with Crippen LogP contribution in [0.1, 0.15) is 31.2 Å². The van der Waals surface area contributed by atoms with Crippen LogP contribution < -0.4 is 15.4 Å². The van der Waals surface area contributed by atoms with Gasteiger partial charge in [-0.2, -0.15) is 0 Å². The molecule has 1 aliphatic heterocycles. The predicted molar refractivity (Wildman–Crippen MR) is 126 cm³/mol. The maximum absolute atomic E-state index is 6.57. The molecule has 1 heterocycles. The van der Waals surface area contributed by atoms with Gasteiger partial charge in [-0.3, -0.25) is 4.90 Å². The van der Waals surface area contributed by atoms with Gasteiger partial charge in [-0.05, 0) is 55.6 Å². The lowest BCUT2D eigenvalue weighted by Crippen LogP contribution is -2.38. The van der Waals surface area contributed by atoms with Gasteiger partial charge >= 0.3 is 0 Å². The molecule has 0 aliphatic carbocycles. The van der Waals surface area contributed by atoms with Crippen LogP contribution in [0.15, 0.2) is 54.6 Å². The lowest BCUT2D eigenvalue weighted by molar-refractivity contribution is 0.260. The van der Waals surface area contributed by atoms with Crippen molar-refractivity contribution < 1.29 is 4.74 Å². The third-order valence-electron chi connectivity index (χ3n) is 6.22. The second kappa shape index (κ2) is 10.5. The molecule has 30 heavy (non-hydrogen) atoms. The number of hydrogen-bond acceptors (Lipinski definition) is 4. The fraction of sp³-hybridized carbons (Fsp3) is 0.462. The Labute approximate surface area is 182 Å². The fourth-order valence-electron chi connectivity index (χ4n) is 4.31. The summed E-state index contributed by atoms with van der Waals surface area (Å²) in [5, 5.41) is 0. The predicted octanol–water partition coefficient (Wildman–Crippen LogP) is 4.18. The highest BCUT2D eigenvalue weighted by molar-refractivity contribution is 5.46. The minimum atomic E-state index is 0.0504. The maximum atomic E-state index is 6.57. The Morgan fingerprint density at radius 1 is 1.13 bits per heavy atom. The molecule has 1 fully saturated rings. The van der Waals surface area contributed by atoms with Crippen LogP contribution in [-0.4, -0.2) is 45.4 Å². The van der Waals surface area contributed by atoms with Crippen molar-refractivity contribution >= 4 is 5.69 Å². The molecule has 4 nitrogen and oxygen atoms in total. The van der Waals surface area contributed by atoms with Crippen molar-refractivity contribution in [1.82, 2.24) is 4.90 Å². The topological polar surface area (TPSA) is 41.7 Å². The Morgan fingerprint density at radius 2 is 1.83 bits per heavy atom. The molecule has 0 spiro atoms. The quantitative estimate of drug-likeness (QED) is 0.702. The Morgan fingerprint density at radius 3 is 2.47 bits per heavy atom. The molecule has 4 atom stereocenters. The number of nitrogens with two attached hydrogens (primary N) is 1. The highest BCUT2D eigenvalue weighted by Gasteiger charge is 2.38. The summed E-state index contributed by atoms with van der Waals surface area (Å²) in [5.74, 6) is 8.69. The van der Waals surface area contributed by atoms with Crippen molar-refractivity contribution in [3.63, 3.8) is 0 Å². The van der Waals surface area contributed by atoms with Gasteiger partial charge in [0.05, 0.1) is 6.17 Å². The second-order valence-corrected chi connectivity index (χ2v) is 8.45. The van der Waals surface area contributed by atoms with Crippen molar-refractivity contribution in [2.45, 2.75) is 31.8 Å². The van der Waals surface area contributed by atoms with E-state index in [2.05, 4.69) is 74.0 Å². The van der Waals surface area contributed by atoms with E-state index in [1.54, 1.807) is 0 Å². The zero-order chi connectivity index (χ0) is 21.5. The first-order valence-electron chi connectivity index (χ1n) is 10.9. The van der Waals surface area contributed by atoms with Crippen molar-refractivity contribution in [2.75, 3.05) is 39.2 Å². The number of anilines is 1. The van der Waals surface area contributed by atoms with E-state index in [0.717, 1.165) is 25.1 Å². The molecule has 0 saturated carbocycles. The molecular formula is C26H35N3O. The van der Waals surface area contributed by atoms with E-state index in [1.165, 1.54) is 11.3 Å². The first-order valence-corrected chi connectivity index (χ1v) is 10.9. The molecule has 0 aromatic heterocycles. The molecule has 2 N–H and O–H groups in total. The van der Waals surface area contributed by atoms with E-state index in [9.17, 15) is 0 Å². The molecule has 0 amide bonds. The number of para-hydroxylation sites is 1. The van der Waals surface area contributed by atoms with E-state index in [4.69, 9.17) is 10.5 Å². The maximum Gasteiger partial charge on any atom is 0.149 e. The number of rotatable bonds is 7. The van der Waals surface area contributed by atoms with Crippen molar-refractivity contribution in [2.24, 2.45) is 17.6 Å². The molecule has 2 aromatic rings. The minimum Gasteiger partial charge on any atom is -0.481 e. The Bertz CT molecular complexity index is 838. The second-order valence-electron chi connectivity index (χ2n) is 8.45. The molecule has 1 aliphatic rings. The summed E-state index contributed by atoms with van der Waals surface area (Å²) in [6.07, 6.45) is 2.21. The van der Waals surface area contributed by atoms with Gasteiger partial charge in [-0.15, -0.1) is 0 Å². The molecule has 0 radical (unpaired) electrons. The van der Waals surface area contributed by atoms with Crippen molar-refractivity contribution in [1.29, 1.82) is 0 Å². The summed E-state index contributed by atoms with van der Waals surface area (Å²) in [7, 11) is 6.25. The first-order chi connectivity index (χ1) is 14.5. The van der Waals surface area contributed by atoms with Crippen molar-refractivity contribution in [3.05, 3.63) is 60.2 Å². The summed E-state index contributed by atoms with van der Waals surface area (Å²) in [6, 6.07) is 18.8. The Hall–Kier alpha value is -2.48. The third kappa shape index (κ3) is 5.56. The SMILES string of the molecule is CCC(CC1C(C#CCOc2ccccc2)CN(C)C1N)c1ccc(N(C)C)cc1. The van der Waals surface area contributed by atoms with Gasteiger partial charge in [-0.1, -0.05) is 49.1 Å². The van der Waals surface area contributed by atoms with Crippen LogP contribution in [0, 0.1) is 23.7 Å². The van der Waals surface area contributed by atoms with Gasteiger partial charge in [0, 0.05) is 38.2 Å². The highest BCUT2D eigenvalue weighted by atomic mass is 16.5. The summed E-state index contributed by atoms with van der Waals surface area (Å²) in [6.45, 7) is 3.60. The number of hydrogen-bond donors (Lipinski definition) is 1. The van der Waals surface area contributed by atoms with Crippen LogP contribution in [0.5, 0.6) is 5.75 Å².